The van der Waals surface area contributed by atoms with Crippen molar-refractivity contribution >= 4 is 67.5 Å². The largest absolute Gasteiger partial charge is 0.494 e. The second kappa shape index (κ2) is 25.3. The SMILES string of the molecule is C=CC(=O)OCCCCCCOc1ccc(C(=O)Oc2ccc(CCOC(=O)c3ccc(OCCCCCCOC(C)=O)cc3)cc2/C=N/Nc2nc3ccc4ccccc4c3s2)cc1. The Hall–Kier alpha value is -7.06. The van der Waals surface area contributed by atoms with E-state index in [2.05, 4.69) is 29.2 Å². The van der Waals surface area contributed by atoms with E-state index in [0.29, 0.717) is 66.2 Å². The first-order valence-electron chi connectivity index (χ1n) is 21.7. The Morgan fingerprint density at radius 3 is 1.97 bits per heavy atom. The topological polar surface area (TPSA) is 161 Å². The Morgan fingerprint density at radius 1 is 0.677 bits per heavy atom. The van der Waals surface area contributed by atoms with Gasteiger partial charge in [0.25, 0.3) is 0 Å². The number of nitrogens with one attached hydrogen (secondary N) is 1. The molecule has 1 N–H and O–H groups in total. The number of rotatable bonds is 26. The third-order valence-corrected chi connectivity index (χ3v) is 11.1. The van der Waals surface area contributed by atoms with Crippen LogP contribution >= 0.6 is 11.3 Å². The normalized spacial score (nSPS) is 11.0. The monoisotopic (exact) mass is 899 g/mol. The van der Waals surface area contributed by atoms with E-state index in [4.69, 9.17) is 33.4 Å². The van der Waals surface area contributed by atoms with Gasteiger partial charge in [-0.15, -0.1) is 0 Å². The van der Waals surface area contributed by atoms with Crippen LogP contribution in [0.4, 0.5) is 5.13 Å². The first-order chi connectivity index (χ1) is 31.7. The first-order valence-corrected chi connectivity index (χ1v) is 22.6. The Bertz CT molecular complexity index is 2550. The lowest BCUT2D eigenvalue weighted by Crippen LogP contribution is -2.11. The van der Waals surface area contributed by atoms with Gasteiger partial charge in [0.2, 0.25) is 5.13 Å². The number of fused-ring (bicyclic) bond motifs is 3. The number of benzene rings is 5. The minimum Gasteiger partial charge on any atom is -0.494 e. The number of esters is 4. The summed E-state index contributed by atoms with van der Waals surface area (Å²) in [6.07, 6.45) is 10.2. The van der Waals surface area contributed by atoms with Crippen LogP contribution in [-0.2, 0) is 30.2 Å². The van der Waals surface area contributed by atoms with Crippen molar-refractivity contribution in [3.63, 3.8) is 0 Å². The third kappa shape index (κ3) is 15.3. The van der Waals surface area contributed by atoms with E-state index < -0.39 is 17.9 Å². The standard InChI is InChI=1S/C51H53N3O10S/c1-3-47(56)62-32-13-7-6-12-31-61-43-24-19-40(20-25-43)50(58)64-46-27-16-37(34-41(46)35-52-54-51-53-45-26-21-38-14-8-9-15-44(38)48(45)65-51)28-33-63-49(57)39-17-22-42(23-18-39)60-30-11-5-4-10-29-59-36(2)55/h3,8-9,14-27,34-35H,1,4-7,10-13,28-33H2,2H3,(H,53,54)/b52-35+. The van der Waals surface area contributed by atoms with Crippen molar-refractivity contribution in [2.75, 3.05) is 38.5 Å². The van der Waals surface area contributed by atoms with Gasteiger partial charge in [0, 0.05) is 30.4 Å². The van der Waals surface area contributed by atoms with Gasteiger partial charge in [-0.2, -0.15) is 5.10 Å². The summed E-state index contributed by atoms with van der Waals surface area (Å²) in [5, 5.41) is 7.32. The van der Waals surface area contributed by atoms with Crippen molar-refractivity contribution in [2.24, 2.45) is 5.10 Å². The minimum absolute atomic E-state index is 0.115. The van der Waals surface area contributed by atoms with E-state index in [-0.39, 0.29) is 18.3 Å². The molecule has 0 unspecified atom stereocenters. The van der Waals surface area contributed by atoms with Gasteiger partial charge >= 0.3 is 23.9 Å². The molecule has 0 spiro atoms. The van der Waals surface area contributed by atoms with Gasteiger partial charge in [0.1, 0.15) is 17.2 Å². The fraction of sp³-hybridized carbons (Fsp3) is 0.294. The summed E-state index contributed by atoms with van der Waals surface area (Å²) in [4.78, 5) is 53.0. The summed E-state index contributed by atoms with van der Waals surface area (Å²) < 4.78 is 34.2. The molecule has 0 fully saturated rings. The molecule has 0 saturated heterocycles. The van der Waals surface area contributed by atoms with Gasteiger partial charge in [-0.1, -0.05) is 54.3 Å². The number of hydrogen-bond acceptors (Lipinski definition) is 14. The lowest BCUT2D eigenvalue weighted by Gasteiger charge is -2.11. The van der Waals surface area contributed by atoms with E-state index in [9.17, 15) is 19.2 Å². The van der Waals surface area contributed by atoms with Gasteiger partial charge in [-0.3, -0.25) is 10.2 Å². The zero-order valence-electron chi connectivity index (χ0n) is 36.5. The van der Waals surface area contributed by atoms with Crippen LogP contribution in [0.2, 0.25) is 0 Å². The molecule has 0 saturated carbocycles. The summed E-state index contributed by atoms with van der Waals surface area (Å²) in [7, 11) is 0. The Kier molecular flexibility index (Phi) is 18.4. The number of unbranched alkanes of at least 4 members (excludes halogenated alkanes) is 6. The molecule has 6 aromatic rings. The summed E-state index contributed by atoms with van der Waals surface area (Å²) in [5.74, 6) is -0.102. The number of ether oxygens (including phenoxy) is 6. The highest BCUT2D eigenvalue weighted by molar-refractivity contribution is 7.23. The fourth-order valence-electron chi connectivity index (χ4n) is 6.63. The lowest BCUT2D eigenvalue weighted by atomic mass is 10.1. The summed E-state index contributed by atoms with van der Waals surface area (Å²) >= 11 is 1.49. The van der Waals surface area contributed by atoms with Crippen LogP contribution in [0.15, 0.2) is 121 Å². The molecule has 338 valence electrons. The second-order valence-electron chi connectivity index (χ2n) is 15.0. The number of thiazole rings is 1. The number of hydrogen-bond donors (Lipinski definition) is 1. The molecule has 14 heteroatoms. The predicted molar refractivity (Wildman–Crippen MR) is 252 cm³/mol. The van der Waals surface area contributed by atoms with Crippen LogP contribution in [0, 0.1) is 0 Å². The maximum Gasteiger partial charge on any atom is 0.343 e. The second-order valence-corrected chi connectivity index (χ2v) is 16.0. The fourth-order valence-corrected chi connectivity index (χ4v) is 7.58. The van der Waals surface area contributed by atoms with Gasteiger partial charge in [0.05, 0.1) is 60.6 Å². The highest BCUT2D eigenvalue weighted by Gasteiger charge is 2.14. The smallest absolute Gasteiger partial charge is 0.343 e. The molecule has 1 aromatic heterocycles. The number of aromatic nitrogens is 1. The molecule has 65 heavy (non-hydrogen) atoms. The van der Waals surface area contributed by atoms with Gasteiger partial charge in [-0.05, 0) is 129 Å². The maximum absolute atomic E-state index is 13.4. The number of nitrogens with zero attached hydrogens (tertiary/aromatic N) is 2. The molecule has 0 bridgehead atoms. The average molecular weight is 900 g/mol. The zero-order valence-corrected chi connectivity index (χ0v) is 37.3. The van der Waals surface area contributed by atoms with E-state index >= 15 is 0 Å². The van der Waals surface area contributed by atoms with Gasteiger partial charge < -0.3 is 28.4 Å². The molecule has 5 aromatic carbocycles. The Balaban J connectivity index is 1.03. The molecule has 1 heterocycles. The van der Waals surface area contributed by atoms with Crippen molar-refractivity contribution in [3.8, 4) is 17.2 Å². The zero-order chi connectivity index (χ0) is 45.6. The van der Waals surface area contributed by atoms with Gasteiger partial charge in [0.15, 0.2) is 0 Å². The van der Waals surface area contributed by atoms with Crippen LogP contribution in [0.3, 0.4) is 0 Å². The van der Waals surface area contributed by atoms with E-state index in [1.807, 2.05) is 36.4 Å². The van der Waals surface area contributed by atoms with E-state index in [0.717, 1.165) is 84.0 Å². The average Bonchev–Trinajstić information content (AvgIpc) is 3.75. The first kappa shape index (κ1) is 47.4. The van der Waals surface area contributed by atoms with Crippen LogP contribution < -0.4 is 19.6 Å². The molecule has 13 nitrogen and oxygen atoms in total. The minimum atomic E-state index is -0.555. The number of carbonyl (C=O) groups excluding carboxylic acids is 4. The Morgan fingerprint density at radius 2 is 1.31 bits per heavy atom. The number of anilines is 1. The third-order valence-electron chi connectivity index (χ3n) is 10.1. The summed E-state index contributed by atoms with van der Waals surface area (Å²) in [6, 6.07) is 31.1. The van der Waals surface area contributed by atoms with Crippen LogP contribution in [0.5, 0.6) is 17.2 Å². The lowest BCUT2D eigenvalue weighted by molar-refractivity contribution is -0.141. The molecule has 6 rings (SSSR count). The van der Waals surface area contributed by atoms with Crippen LogP contribution in [0.25, 0.3) is 21.0 Å². The van der Waals surface area contributed by atoms with Crippen molar-refractivity contribution in [3.05, 3.63) is 138 Å². The van der Waals surface area contributed by atoms with E-state index in [1.165, 1.54) is 18.3 Å². The van der Waals surface area contributed by atoms with Crippen molar-refractivity contribution in [1.29, 1.82) is 0 Å². The quantitative estimate of drug-likeness (QED) is 0.0104. The Labute approximate surface area is 382 Å². The molecule has 0 radical (unpaired) electrons. The predicted octanol–water partition coefficient (Wildman–Crippen LogP) is 10.7. The van der Waals surface area contributed by atoms with Crippen molar-refractivity contribution in [1.82, 2.24) is 4.98 Å². The summed E-state index contributed by atoms with van der Waals surface area (Å²) in [5.41, 5.74) is 6.00. The molecular weight excluding hydrogens is 847 g/mol. The van der Waals surface area contributed by atoms with Crippen molar-refractivity contribution < 1.29 is 47.6 Å². The molecule has 0 aliphatic carbocycles. The molecule has 0 aliphatic heterocycles. The number of hydrazone groups is 1. The van der Waals surface area contributed by atoms with Crippen LogP contribution in [-0.4, -0.2) is 68.1 Å². The van der Waals surface area contributed by atoms with Crippen LogP contribution in [0.1, 0.15) is 90.1 Å². The molecule has 0 aliphatic rings. The molecular formula is C51H53N3O10S. The highest BCUT2D eigenvalue weighted by Crippen LogP contribution is 2.33. The summed E-state index contributed by atoms with van der Waals surface area (Å²) in [6.45, 7) is 6.78. The molecule has 0 amide bonds. The van der Waals surface area contributed by atoms with Gasteiger partial charge in [-0.25, -0.2) is 19.4 Å². The molecule has 0 atom stereocenters. The number of carbonyl (C=O) groups is 4. The highest BCUT2D eigenvalue weighted by atomic mass is 32.1. The van der Waals surface area contributed by atoms with E-state index in [1.54, 1.807) is 60.8 Å². The maximum atomic E-state index is 13.4. The van der Waals surface area contributed by atoms with Crippen molar-refractivity contribution in [2.45, 2.75) is 64.7 Å².